The van der Waals surface area contributed by atoms with Crippen molar-refractivity contribution in [2.45, 2.75) is 31.7 Å². The Balaban J connectivity index is 0.000000447. The zero-order chi connectivity index (χ0) is 37.9. The number of rotatable bonds is 9. The summed E-state index contributed by atoms with van der Waals surface area (Å²) in [5.41, 5.74) is 4.48. The van der Waals surface area contributed by atoms with Gasteiger partial charge in [0, 0.05) is 12.8 Å². The maximum absolute atomic E-state index is 12.7. The van der Waals surface area contributed by atoms with Crippen molar-refractivity contribution in [3.63, 3.8) is 0 Å². The number of phenolic OH excluding ortho intramolecular Hbond substituents is 1. The summed E-state index contributed by atoms with van der Waals surface area (Å²) in [6, 6.07) is 10.4. The highest BCUT2D eigenvalue weighted by Gasteiger charge is 2.31. The third-order valence-electron chi connectivity index (χ3n) is 5.59. The lowest BCUT2D eigenvalue weighted by atomic mass is 10.2. The van der Waals surface area contributed by atoms with E-state index in [4.69, 9.17) is 58.8 Å². The Kier molecular flexibility index (Phi) is 17.1. The van der Waals surface area contributed by atoms with E-state index in [1.807, 2.05) is 6.07 Å². The van der Waals surface area contributed by atoms with E-state index in [1.54, 1.807) is 12.1 Å². The first-order valence-electron chi connectivity index (χ1n) is 13.1. The molecule has 266 valence electrons. The number of carbonyl (C=O) groups excluding carboxylic acids is 1. The molecule has 2 unspecified atom stereocenters. The Bertz CT molecular complexity index is 1750. The van der Waals surface area contributed by atoms with Crippen LogP contribution in [0.1, 0.15) is 34.8 Å². The summed E-state index contributed by atoms with van der Waals surface area (Å²) in [6.45, 7) is 2.35. The minimum atomic E-state index is -4.56. The lowest BCUT2D eigenvalue weighted by Gasteiger charge is -2.13. The number of hydrogen-bond acceptors (Lipinski definition) is 9. The van der Waals surface area contributed by atoms with Crippen LogP contribution in [0, 0.1) is 11.3 Å². The van der Waals surface area contributed by atoms with Gasteiger partial charge in [-0.05, 0) is 93.7 Å². The maximum Gasteiger partial charge on any atom is 0.416 e. The number of aromatic hydroxyl groups is 1. The molecule has 3 aromatic carbocycles. The number of nitrogens with zero attached hydrogens (tertiary/aromatic N) is 1. The van der Waals surface area contributed by atoms with E-state index >= 15 is 0 Å². The number of benzene rings is 3. The van der Waals surface area contributed by atoms with Gasteiger partial charge in [0.05, 0.1) is 41.8 Å². The molecule has 3 atom stereocenters. The van der Waals surface area contributed by atoms with Crippen LogP contribution >= 0.6 is 62.4 Å². The van der Waals surface area contributed by atoms with Crippen molar-refractivity contribution in [2.24, 2.45) is 5.73 Å². The number of halogens is 7. The van der Waals surface area contributed by atoms with Gasteiger partial charge >= 0.3 is 24.1 Å². The minimum absolute atomic E-state index is 0.0246. The number of carbonyl (C=O) groups is 3. The molecular formula is C29H26Br2Cl2F3N2O10P. The van der Waals surface area contributed by atoms with Gasteiger partial charge in [0.25, 0.3) is 0 Å². The summed E-state index contributed by atoms with van der Waals surface area (Å²) >= 11 is 17.9. The van der Waals surface area contributed by atoms with Crippen molar-refractivity contribution in [1.29, 1.82) is 5.26 Å². The number of ether oxygens (including phenoxy) is 2. The molecule has 0 aromatic heterocycles. The Labute approximate surface area is 303 Å². The van der Waals surface area contributed by atoms with E-state index < -0.39 is 49.2 Å². The Morgan fingerprint density at radius 1 is 1.02 bits per heavy atom. The molecule has 0 aliphatic carbocycles. The molecule has 0 aliphatic heterocycles. The normalized spacial score (nSPS) is 13.1. The van der Waals surface area contributed by atoms with Gasteiger partial charge in [0.1, 0.15) is 23.3 Å². The summed E-state index contributed by atoms with van der Waals surface area (Å²) in [4.78, 5) is 41.7. The molecule has 0 bridgehead atoms. The number of alkyl halides is 3. The number of phenols is 1. The maximum atomic E-state index is 12.7. The van der Waals surface area contributed by atoms with Crippen molar-refractivity contribution < 1.29 is 61.8 Å². The quantitative estimate of drug-likeness (QED) is 0.102. The molecule has 0 heterocycles. The summed E-state index contributed by atoms with van der Waals surface area (Å²) < 4.78 is 59.8. The van der Waals surface area contributed by atoms with Crippen molar-refractivity contribution in [2.75, 3.05) is 12.8 Å². The zero-order valence-corrected chi connectivity index (χ0v) is 30.6. The first-order chi connectivity index (χ1) is 22.5. The fraction of sp³-hybridized carbons (Fsp3) is 0.241. The largest absolute Gasteiger partial charge is 0.506 e. The molecule has 0 saturated carbocycles. The van der Waals surface area contributed by atoms with Crippen LogP contribution in [0.5, 0.6) is 17.2 Å². The number of carboxylic acids is 2. The van der Waals surface area contributed by atoms with Crippen LogP contribution in [0.25, 0.3) is 0 Å². The molecule has 0 radical (unpaired) electrons. The molecule has 0 saturated heterocycles. The number of aliphatic carboxylic acids is 2. The Morgan fingerprint density at radius 2 is 1.59 bits per heavy atom. The summed E-state index contributed by atoms with van der Waals surface area (Å²) in [6.07, 6.45) is -5.96. The fourth-order valence-electron chi connectivity index (χ4n) is 3.02. The zero-order valence-electron chi connectivity index (χ0n) is 25.0. The molecule has 0 amide bonds. The average molecular weight is 881 g/mol. The third-order valence-corrected chi connectivity index (χ3v) is 8.52. The lowest BCUT2D eigenvalue weighted by Crippen LogP contribution is -2.30. The van der Waals surface area contributed by atoms with Gasteiger partial charge < -0.3 is 35.4 Å². The SMILES string of the molecule is CP(=O)(O)CCC(N)C(=O)O.C[C@H](OC(=O)c1cc(Oc2ccc(C(F)(F)F)cc2Cl)ccc1Cl)C(=O)O.N#Cc1cc(Br)c(O)c(Br)c1. The predicted molar refractivity (Wildman–Crippen MR) is 180 cm³/mol. The first kappa shape index (κ1) is 43.7. The van der Waals surface area contributed by atoms with Gasteiger partial charge in [-0.3, -0.25) is 9.36 Å². The first-order valence-corrected chi connectivity index (χ1v) is 17.7. The predicted octanol–water partition coefficient (Wildman–Crippen LogP) is 7.91. The molecule has 3 rings (SSSR count). The van der Waals surface area contributed by atoms with Crippen LogP contribution in [-0.2, 0) is 25.1 Å². The van der Waals surface area contributed by atoms with Crippen LogP contribution < -0.4 is 10.5 Å². The van der Waals surface area contributed by atoms with Crippen molar-refractivity contribution in [3.05, 3.63) is 84.2 Å². The highest BCUT2D eigenvalue weighted by Crippen LogP contribution is 2.38. The summed E-state index contributed by atoms with van der Waals surface area (Å²) in [5, 5.41) is 34.5. The van der Waals surface area contributed by atoms with Gasteiger partial charge in [0.2, 0.25) is 0 Å². The molecule has 6 N–H and O–H groups in total. The second-order valence-corrected chi connectivity index (χ2v) is 14.8. The molecule has 3 aromatic rings. The van der Waals surface area contributed by atoms with Crippen molar-refractivity contribution >= 4 is 80.3 Å². The van der Waals surface area contributed by atoms with Gasteiger partial charge in [-0.25, -0.2) is 9.59 Å². The molecular weight excluding hydrogens is 855 g/mol. The summed E-state index contributed by atoms with van der Waals surface area (Å²) in [5.74, 6) is -3.41. The molecule has 0 aliphatic rings. The van der Waals surface area contributed by atoms with Crippen LogP contribution in [-0.4, -0.2) is 63.1 Å². The Hall–Kier alpha value is -3.36. The number of nitriles is 1. The number of esters is 1. The van der Waals surface area contributed by atoms with Crippen LogP contribution in [0.4, 0.5) is 13.2 Å². The standard InChI is InChI=1S/C17H11Cl2F3O5.C7H3Br2NO.C5H12NO4P/c1-8(15(23)24)26-16(25)11-7-10(3-4-12(11)18)27-14-5-2-9(6-13(14)19)17(20,21)22;8-5-1-4(3-10)2-6(9)7(5)11;1-11(9,10)3-2-4(6)5(7)8/h2-8H,1H3,(H,23,24);1-2,11H;4H,2-3,6H2,1H3,(H,7,8)(H,9,10)/t8-;;/m0../s1. The van der Waals surface area contributed by atoms with E-state index in [0.29, 0.717) is 20.6 Å². The van der Waals surface area contributed by atoms with E-state index in [2.05, 4.69) is 31.9 Å². The number of nitrogens with two attached hydrogens (primary N) is 1. The number of hydrogen-bond donors (Lipinski definition) is 5. The van der Waals surface area contributed by atoms with E-state index in [0.717, 1.165) is 25.1 Å². The molecule has 20 heteroatoms. The molecule has 49 heavy (non-hydrogen) atoms. The van der Waals surface area contributed by atoms with Gasteiger partial charge in [-0.2, -0.15) is 18.4 Å². The Morgan fingerprint density at radius 3 is 2.04 bits per heavy atom. The molecule has 0 spiro atoms. The highest BCUT2D eigenvalue weighted by atomic mass is 79.9. The molecule has 0 fully saturated rings. The topological polar surface area (TPSA) is 217 Å². The third kappa shape index (κ3) is 15.4. The molecule has 12 nitrogen and oxygen atoms in total. The average Bonchev–Trinajstić information content (AvgIpc) is 2.99. The fourth-order valence-corrected chi connectivity index (χ4v) is 5.38. The van der Waals surface area contributed by atoms with Crippen molar-refractivity contribution in [1.82, 2.24) is 0 Å². The number of carboxylic acid groups (broad SMARTS) is 2. The van der Waals surface area contributed by atoms with E-state index in [-0.39, 0.29) is 45.4 Å². The smallest absolute Gasteiger partial charge is 0.416 e. The lowest BCUT2D eigenvalue weighted by molar-refractivity contribution is -0.146. The van der Waals surface area contributed by atoms with Crippen LogP contribution in [0.2, 0.25) is 10.0 Å². The van der Waals surface area contributed by atoms with Crippen LogP contribution in [0.3, 0.4) is 0 Å². The second-order valence-electron chi connectivity index (χ2n) is 9.68. The monoisotopic (exact) mass is 878 g/mol. The highest BCUT2D eigenvalue weighted by molar-refractivity contribution is 9.11. The van der Waals surface area contributed by atoms with Gasteiger partial charge in [0.15, 0.2) is 13.5 Å². The summed E-state index contributed by atoms with van der Waals surface area (Å²) in [7, 11) is -3.10. The van der Waals surface area contributed by atoms with Crippen LogP contribution in [0.15, 0.2) is 57.5 Å². The van der Waals surface area contributed by atoms with Crippen molar-refractivity contribution in [3.8, 4) is 23.3 Å². The van der Waals surface area contributed by atoms with E-state index in [1.165, 1.54) is 18.8 Å². The van der Waals surface area contributed by atoms with Gasteiger partial charge in [-0.1, -0.05) is 23.2 Å². The van der Waals surface area contributed by atoms with Gasteiger partial charge in [-0.15, -0.1) is 0 Å². The minimum Gasteiger partial charge on any atom is -0.506 e. The second kappa shape index (κ2) is 19.1. The van der Waals surface area contributed by atoms with E-state index in [9.17, 15) is 37.2 Å².